The van der Waals surface area contributed by atoms with Crippen molar-refractivity contribution in [1.29, 1.82) is 0 Å². The predicted octanol–water partition coefficient (Wildman–Crippen LogP) is 1.62. The quantitative estimate of drug-likeness (QED) is 0.464. The Hall–Kier alpha value is -2.60. The highest BCUT2D eigenvalue weighted by atomic mass is 32.2. The lowest BCUT2D eigenvalue weighted by atomic mass is 10.2. The molecule has 32 heavy (non-hydrogen) atoms. The molecule has 0 unspecified atom stereocenters. The number of rotatable bonds is 6. The SMILES string of the molecule is Cc1ccc(S(=O)(=O)N2CCN(CN3C(=O)C(=O)N(Cc4cccs4)C3=O)CC2)c(C)c1. The van der Waals surface area contributed by atoms with E-state index in [0.29, 0.717) is 18.7 Å². The number of carbonyl (C=O) groups is 3. The number of hydrogen-bond acceptors (Lipinski definition) is 7. The Morgan fingerprint density at radius 1 is 0.938 bits per heavy atom. The van der Waals surface area contributed by atoms with E-state index in [0.717, 1.165) is 20.2 Å². The van der Waals surface area contributed by atoms with Crippen molar-refractivity contribution < 1.29 is 22.8 Å². The van der Waals surface area contributed by atoms with Gasteiger partial charge in [0, 0.05) is 31.1 Å². The Morgan fingerprint density at radius 2 is 1.62 bits per heavy atom. The van der Waals surface area contributed by atoms with Crippen LogP contribution in [0.4, 0.5) is 4.79 Å². The summed E-state index contributed by atoms with van der Waals surface area (Å²) in [6, 6.07) is 8.22. The van der Waals surface area contributed by atoms with Crippen LogP contribution in [0, 0.1) is 13.8 Å². The molecule has 0 aliphatic carbocycles. The summed E-state index contributed by atoms with van der Waals surface area (Å²) in [6.45, 7) is 4.88. The smallest absolute Gasteiger partial charge is 0.283 e. The summed E-state index contributed by atoms with van der Waals surface area (Å²) in [5.74, 6) is -1.68. The average Bonchev–Trinajstić information content (AvgIpc) is 3.33. The minimum Gasteiger partial charge on any atom is -0.283 e. The lowest BCUT2D eigenvalue weighted by Gasteiger charge is -2.35. The molecule has 2 aliphatic rings. The number of sulfonamides is 1. The van der Waals surface area contributed by atoms with E-state index in [9.17, 15) is 22.8 Å². The molecular weight excluding hydrogens is 452 g/mol. The molecule has 0 N–H and O–H groups in total. The highest BCUT2D eigenvalue weighted by molar-refractivity contribution is 7.89. The molecule has 1 aromatic heterocycles. The number of thiophene rings is 1. The molecule has 2 aromatic rings. The van der Waals surface area contributed by atoms with Crippen LogP contribution in [0.1, 0.15) is 16.0 Å². The Morgan fingerprint density at radius 3 is 2.25 bits per heavy atom. The fraction of sp³-hybridized carbons (Fsp3) is 0.381. The molecule has 4 rings (SSSR count). The molecule has 2 aliphatic heterocycles. The van der Waals surface area contributed by atoms with Gasteiger partial charge in [-0.2, -0.15) is 4.31 Å². The molecule has 0 radical (unpaired) electrons. The van der Waals surface area contributed by atoms with Crippen LogP contribution in [-0.2, 0) is 26.2 Å². The van der Waals surface area contributed by atoms with Crippen molar-refractivity contribution in [3.05, 3.63) is 51.7 Å². The monoisotopic (exact) mass is 476 g/mol. The molecule has 11 heteroatoms. The van der Waals surface area contributed by atoms with E-state index >= 15 is 0 Å². The zero-order valence-corrected chi connectivity index (χ0v) is 19.5. The fourth-order valence-electron chi connectivity index (χ4n) is 3.91. The predicted molar refractivity (Wildman–Crippen MR) is 118 cm³/mol. The van der Waals surface area contributed by atoms with Crippen LogP contribution in [0.25, 0.3) is 0 Å². The third-order valence-corrected chi connectivity index (χ3v) is 8.57. The van der Waals surface area contributed by atoms with Gasteiger partial charge in [0.15, 0.2) is 0 Å². The van der Waals surface area contributed by atoms with E-state index < -0.39 is 27.9 Å². The molecule has 3 heterocycles. The Labute approximate surface area is 190 Å². The van der Waals surface area contributed by atoms with E-state index in [-0.39, 0.29) is 31.2 Å². The van der Waals surface area contributed by atoms with Crippen LogP contribution < -0.4 is 0 Å². The molecule has 0 saturated carbocycles. The van der Waals surface area contributed by atoms with Crippen LogP contribution >= 0.6 is 11.3 Å². The van der Waals surface area contributed by atoms with Crippen molar-refractivity contribution in [2.45, 2.75) is 25.3 Å². The van der Waals surface area contributed by atoms with Crippen molar-refractivity contribution >= 4 is 39.2 Å². The first-order valence-electron chi connectivity index (χ1n) is 10.2. The van der Waals surface area contributed by atoms with Gasteiger partial charge in [-0.1, -0.05) is 23.8 Å². The third kappa shape index (κ3) is 4.20. The number of carbonyl (C=O) groups excluding carboxylic acids is 3. The number of imide groups is 2. The highest BCUT2D eigenvalue weighted by Crippen LogP contribution is 2.23. The third-order valence-electron chi connectivity index (χ3n) is 5.65. The van der Waals surface area contributed by atoms with Gasteiger partial charge in [-0.25, -0.2) is 18.1 Å². The van der Waals surface area contributed by atoms with Crippen LogP contribution in [0.15, 0.2) is 40.6 Å². The number of benzene rings is 1. The molecule has 0 atom stereocenters. The molecule has 0 spiro atoms. The minimum atomic E-state index is -3.63. The number of amides is 4. The van der Waals surface area contributed by atoms with Crippen LogP contribution in [-0.4, -0.2) is 78.1 Å². The van der Waals surface area contributed by atoms with Gasteiger partial charge in [-0.05, 0) is 36.9 Å². The first kappa shape index (κ1) is 22.6. The zero-order chi connectivity index (χ0) is 23.0. The topological polar surface area (TPSA) is 98.3 Å². The molecular formula is C21H24N4O5S2. The van der Waals surface area contributed by atoms with Crippen molar-refractivity contribution in [2.75, 3.05) is 32.8 Å². The molecule has 2 saturated heterocycles. The van der Waals surface area contributed by atoms with E-state index in [1.807, 2.05) is 29.3 Å². The average molecular weight is 477 g/mol. The van der Waals surface area contributed by atoms with Crippen LogP contribution in [0.3, 0.4) is 0 Å². The maximum atomic E-state index is 13.1. The number of urea groups is 1. The number of hydrogen-bond donors (Lipinski definition) is 0. The van der Waals surface area contributed by atoms with Gasteiger partial charge in [-0.15, -0.1) is 11.3 Å². The van der Waals surface area contributed by atoms with Gasteiger partial charge < -0.3 is 0 Å². The second kappa shape index (κ2) is 8.74. The Balaban J connectivity index is 1.39. The summed E-state index contributed by atoms with van der Waals surface area (Å²) in [7, 11) is -3.63. The molecule has 2 fully saturated rings. The van der Waals surface area contributed by atoms with Gasteiger partial charge in [-0.3, -0.25) is 19.4 Å². The van der Waals surface area contributed by atoms with E-state index in [1.54, 1.807) is 25.1 Å². The summed E-state index contributed by atoms with van der Waals surface area (Å²) in [5, 5.41) is 1.84. The lowest BCUT2D eigenvalue weighted by molar-refractivity contribution is -0.144. The molecule has 1 aromatic carbocycles. The normalized spacial score (nSPS) is 18.8. The Kier molecular flexibility index (Phi) is 6.17. The van der Waals surface area contributed by atoms with Crippen molar-refractivity contribution in [1.82, 2.24) is 19.0 Å². The first-order valence-corrected chi connectivity index (χ1v) is 12.5. The van der Waals surface area contributed by atoms with Crippen molar-refractivity contribution in [3.8, 4) is 0 Å². The number of nitrogens with zero attached hydrogens (tertiary/aromatic N) is 4. The molecule has 170 valence electrons. The van der Waals surface area contributed by atoms with Gasteiger partial charge >= 0.3 is 17.8 Å². The molecule has 9 nitrogen and oxygen atoms in total. The van der Waals surface area contributed by atoms with Gasteiger partial charge in [0.2, 0.25) is 10.0 Å². The van der Waals surface area contributed by atoms with Crippen molar-refractivity contribution in [2.24, 2.45) is 0 Å². The molecule has 0 bridgehead atoms. The van der Waals surface area contributed by atoms with Gasteiger partial charge in [0.1, 0.15) is 0 Å². The minimum absolute atomic E-state index is 0.0399. The van der Waals surface area contributed by atoms with E-state index in [2.05, 4.69) is 0 Å². The maximum Gasteiger partial charge on any atom is 0.335 e. The number of piperazine rings is 1. The second-order valence-corrected chi connectivity index (χ2v) is 10.9. The van der Waals surface area contributed by atoms with Crippen molar-refractivity contribution in [3.63, 3.8) is 0 Å². The Bertz CT molecular complexity index is 1150. The fourth-order valence-corrected chi connectivity index (χ4v) is 6.23. The lowest BCUT2D eigenvalue weighted by Crippen LogP contribution is -2.52. The zero-order valence-electron chi connectivity index (χ0n) is 17.9. The number of aryl methyl sites for hydroxylation is 2. The van der Waals surface area contributed by atoms with Gasteiger partial charge in [0.25, 0.3) is 0 Å². The van der Waals surface area contributed by atoms with Crippen LogP contribution in [0.5, 0.6) is 0 Å². The summed E-state index contributed by atoms with van der Waals surface area (Å²) in [6.07, 6.45) is 0. The largest absolute Gasteiger partial charge is 0.335 e. The summed E-state index contributed by atoms with van der Waals surface area (Å²) >= 11 is 1.41. The summed E-state index contributed by atoms with van der Waals surface area (Å²) in [5.41, 5.74) is 1.69. The standard InChI is InChI=1S/C21H24N4O5S2/c1-15-5-6-18(16(2)12-15)32(29,30)23-9-7-22(8-10-23)14-25-20(27)19(26)24(21(25)28)13-17-4-3-11-31-17/h3-6,11-12H,7-10,13-14H2,1-2H3. The van der Waals surface area contributed by atoms with Gasteiger partial charge in [0.05, 0.1) is 18.1 Å². The highest BCUT2D eigenvalue weighted by Gasteiger charge is 2.45. The van der Waals surface area contributed by atoms with E-state index in [1.165, 1.54) is 15.6 Å². The summed E-state index contributed by atoms with van der Waals surface area (Å²) in [4.78, 5) is 42.2. The summed E-state index contributed by atoms with van der Waals surface area (Å²) < 4.78 is 27.5. The van der Waals surface area contributed by atoms with E-state index in [4.69, 9.17) is 0 Å². The second-order valence-electron chi connectivity index (χ2n) is 7.92. The van der Waals surface area contributed by atoms with Crippen LogP contribution in [0.2, 0.25) is 0 Å². The first-order chi connectivity index (χ1) is 15.2. The molecule has 4 amide bonds. The maximum absolute atomic E-state index is 13.1.